The number of benzene rings is 2. The van der Waals surface area contributed by atoms with Gasteiger partial charge >= 0.3 is 0 Å². The Morgan fingerprint density at radius 2 is 1.67 bits per heavy atom. The summed E-state index contributed by atoms with van der Waals surface area (Å²) in [5.74, 6) is 0. The van der Waals surface area contributed by atoms with E-state index in [0.717, 1.165) is 19.5 Å². The molecule has 1 nitrogen and oxygen atoms in total. The molecule has 0 radical (unpaired) electrons. The topological polar surface area (TPSA) is 3.24 Å². The molecule has 0 aliphatic rings. The summed E-state index contributed by atoms with van der Waals surface area (Å²) in [7, 11) is 0. The minimum absolute atomic E-state index is 0.192. The predicted molar refractivity (Wildman–Crippen MR) is 107 cm³/mol. The quantitative estimate of drug-likeness (QED) is 0.542. The first-order valence-corrected chi connectivity index (χ1v) is 9.64. The van der Waals surface area contributed by atoms with Gasteiger partial charge in [-0.1, -0.05) is 49.4 Å². The van der Waals surface area contributed by atoms with Crippen molar-refractivity contribution < 1.29 is 0 Å². The van der Waals surface area contributed by atoms with Crippen LogP contribution in [0, 0.1) is 0 Å². The Hall–Kier alpha value is -1.64. The van der Waals surface area contributed by atoms with E-state index in [1.165, 1.54) is 26.8 Å². The number of hydrogen-bond donors (Lipinski definition) is 0. The average molecular weight is 338 g/mol. The molecular formula is C22H27NS. The van der Waals surface area contributed by atoms with Crippen LogP contribution in [0.3, 0.4) is 0 Å². The van der Waals surface area contributed by atoms with Gasteiger partial charge in [-0.3, -0.25) is 4.90 Å². The standard InChI is InChI=1S/C22H27NS/c1-5-23(22(2,3)4)15-19-16-24-20-13-9-12-18(21(19)20)14-17-10-7-6-8-11-17/h6-13,16H,5,14-15H2,1-4H3. The number of nitrogens with zero attached hydrogens (tertiary/aromatic N) is 1. The molecule has 0 N–H and O–H groups in total. The average Bonchev–Trinajstić information content (AvgIpc) is 2.96. The minimum Gasteiger partial charge on any atom is -0.294 e. The van der Waals surface area contributed by atoms with Gasteiger partial charge in [0.2, 0.25) is 0 Å². The highest BCUT2D eigenvalue weighted by molar-refractivity contribution is 7.17. The Bertz CT molecular complexity index is 796. The van der Waals surface area contributed by atoms with Crippen molar-refractivity contribution in [1.29, 1.82) is 0 Å². The van der Waals surface area contributed by atoms with Crippen molar-refractivity contribution in [2.24, 2.45) is 0 Å². The molecule has 2 heteroatoms. The van der Waals surface area contributed by atoms with Crippen LogP contribution in [0.25, 0.3) is 10.1 Å². The van der Waals surface area contributed by atoms with Crippen molar-refractivity contribution in [3.63, 3.8) is 0 Å². The van der Waals surface area contributed by atoms with Gasteiger partial charge in [-0.2, -0.15) is 0 Å². The van der Waals surface area contributed by atoms with E-state index in [-0.39, 0.29) is 5.54 Å². The van der Waals surface area contributed by atoms with Crippen LogP contribution >= 0.6 is 11.3 Å². The van der Waals surface area contributed by atoms with Crippen molar-refractivity contribution in [1.82, 2.24) is 4.90 Å². The van der Waals surface area contributed by atoms with E-state index in [1.54, 1.807) is 0 Å². The molecule has 0 fully saturated rings. The lowest BCUT2D eigenvalue weighted by Crippen LogP contribution is -2.40. The second-order valence-corrected chi connectivity index (χ2v) is 8.31. The summed E-state index contributed by atoms with van der Waals surface area (Å²) >= 11 is 1.88. The first kappa shape index (κ1) is 17.2. The number of fused-ring (bicyclic) bond motifs is 1. The normalized spacial score (nSPS) is 12.2. The molecule has 0 amide bonds. The maximum Gasteiger partial charge on any atom is 0.0348 e. The lowest BCUT2D eigenvalue weighted by Gasteiger charge is -2.34. The Morgan fingerprint density at radius 1 is 0.917 bits per heavy atom. The molecule has 24 heavy (non-hydrogen) atoms. The monoisotopic (exact) mass is 337 g/mol. The SMILES string of the molecule is CCN(Cc1csc2cccc(Cc3ccccc3)c12)C(C)(C)C. The van der Waals surface area contributed by atoms with E-state index in [9.17, 15) is 0 Å². The van der Waals surface area contributed by atoms with E-state index in [1.807, 2.05) is 11.3 Å². The molecule has 1 heterocycles. The lowest BCUT2D eigenvalue weighted by atomic mass is 9.98. The largest absolute Gasteiger partial charge is 0.294 e. The second kappa shape index (κ2) is 7.08. The van der Waals surface area contributed by atoms with Crippen LogP contribution in [-0.2, 0) is 13.0 Å². The number of thiophene rings is 1. The first-order chi connectivity index (χ1) is 11.5. The predicted octanol–water partition coefficient (Wildman–Crippen LogP) is 6.11. The summed E-state index contributed by atoms with van der Waals surface area (Å²) in [5, 5.41) is 3.82. The Kier molecular flexibility index (Phi) is 5.07. The van der Waals surface area contributed by atoms with Gasteiger partial charge in [-0.25, -0.2) is 0 Å². The zero-order valence-electron chi connectivity index (χ0n) is 15.2. The van der Waals surface area contributed by atoms with Crippen LogP contribution in [0.5, 0.6) is 0 Å². The van der Waals surface area contributed by atoms with Crippen LogP contribution in [-0.4, -0.2) is 17.0 Å². The van der Waals surface area contributed by atoms with Crippen LogP contribution in [0.15, 0.2) is 53.9 Å². The molecule has 3 aromatic rings. The summed E-state index contributed by atoms with van der Waals surface area (Å²) < 4.78 is 1.41. The molecule has 0 spiro atoms. The fourth-order valence-corrected chi connectivity index (χ4v) is 4.34. The van der Waals surface area contributed by atoms with Gasteiger partial charge < -0.3 is 0 Å². The molecule has 3 rings (SSSR count). The first-order valence-electron chi connectivity index (χ1n) is 8.76. The molecule has 0 aliphatic heterocycles. The summed E-state index contributed by atoms with van der Waals surface area (Å²) in [4.78, 5) is 2.55. The molecule has 0 saturated heterocycles. The molecule has 0 unspecified atom stereocenters. The second-order valence-electron chi connectivity index (χ2n) is 7.40. The van der Waals surface area contributed by atoms with Crippen molar-refractivity contribution in [2.45, 2.75) is 46.2 Å². The van der Waals surface area contributed by atoms with E-state index >= 15 is 0 Å². The summed E-state index contributed by atoms with van der Waals surface area (Å²) in [5.41, 5.74) is 4.49. The Morgan fingerprint density at radius 3 is 2.33 bits per heavy atom. The van der Waals surface area contributed by atoms with Crippen molar-refractivity contribution in [3.8, 4) is 0 Å². The van der Waals surface area contributed by atoms with E-state index in [0.29, 0.717) is 0 Å². The van der Waals surface area contributed by atoms with E-state index in [4.69, 9.17) is 0 Å². The zero-order valence-corrected chi connectivity index (χ0v) is 16.0. The third-order valence-corrected chi connectivity index (χ3v) is 5.69. The van der Waals surface area contributed by atoms with Gasteiger partial charge in [-0.05, 0) is 61.9 Å². The van der Waals surface area contributed by atoms with Crippen LogP contribution in [0.1, 0.15) is 44.4 Å². The summed E-state index contributed by atoms with van der Waals surface area (Å²) in [6, 6.07) is 17.5. The van der Waals surface area contributed by atoms with Crippen molar-refractivity contribution >= 4 is 21.4 Å². The lowest BCUT2D eigenvalue weighted by molar-refractivity contribution is 0.137. The smallest absolute Gasteiger partial charge is 0.0348 e. The van der Waals surface area contributed by atoms with Crippen LogP contribution in [0.2, 0.25) is 0 Å². The molecule has 0 saturated carbocycles. The zero-order chi connectivity index (χ0) is 17.2. The Labute approximate surface area is 149 Å². The van der Waals surface area contributed by atoms with Gasteiger partial charge in [-0.15, -0.1) is 11.3 Å². The van der Waals surface area contributed by atoms with E-state index in [2.05, 4.69) is 86.5 Å². The minimum atomic E-state index is 0.192. The highest BCUT2D eigenvalue weighted by Gasteiger charge is 2.21. The van der Waals surface area contributed by atoms with Gasteiger partial charge in [0.1, 0.15) is 0 Å². The molecule has 0 aliphatic carbocycles. The highest BCUT2D eigenvalue weighted by atomic mass is 32.1. The fraction of sp³-hybridized carbons (Fsp3) is 0.364. The van der Waals surface area contributed by atoms with Crippen LogP contribution < -0.4 is 0 Å². The van der Waals surface area contributed by atoms with Crippen molar-refractivity contribution in [2.75, 3.05) is 6.54 Å². The van der Waals surface area contributed by atoms with Gasteiger partial charge in [0.05, 0.1) is 0 Å². The maximum atomic E-state index is 2.55. The molecule has 1 aromatic heterocycles. The number of rotatable bonds is 5. The molecule has 126 valence electrons. The third-order valence-electron chi connectivity index (χ3n) is 4.69. The van der Waals surface area contributed by atoms with E-state index < -0.39 is 0 Å². The number of hydrogen-bond acceptors (Lipinski definition) is 2. The molecule has 0 atom stereocenters. The van der Waals surface area contributed by atoms with Crippen LogP contribution in [0.4, 0.5) is 0 Å². The van der Waals surface area contributed by atoms with Crippen molar-refractivity contribution in [3.05, 3.63) is 70.6 Å². The molecular weight excluding hydrogens is 310 g/mol. The molecule has 2 aromatic carbocycles. The Balaban J connectivity index is 1.98. The van der Waals surface area contributed by atoms with Gasteiger partial charge in [0.15, 0.2) is 0 Å². The maximum absolute atomic E-state index is 2.55. The molecule has 0 bridgehead atoms. The summed E-state index contributed by atoms with van der Waals surface area (Å²) in [6.07, 6.45) is 1.00. The summed E-state index contributed by atoms with van der Waals surface area (Å²) in [6.45, 7) is 11.3. The highest BCUT2D eigenvalue weighted by Crippen LogP contribution is 2.32. The third kappa shape index (κ3) is 3.71. The van der Waals surface area contributed by atoms with Gasteiger partial charge in [0, 0.05) is 22.2 Å². The fourth-order valence-electron chi connectivity index (χ4n) is 3.34. The van der Waals surface area contributed by atoms with Gasteiger partial charge in [0.25, 0.3) is 0 Å².